The second-order valence-electron chi connectivity index (χ2n) is 7.16. The number of carbonyl (C=O) groups is 1. The second-order valence-corrected chi connectivity index (χ2v) is 7.16. The van der Waals surface area contributed by atoms with Crippen LogP contribution in [-0.2, 0) is 4.74 Å². The van der Waals surface area contributed by atoms with Gasteiger partial charge in [0.1, 0.15) is 11.4 Å². The molecule has 0 radical (unpaired) electrons. The highest BCUT2D eigenvalue weighted by molar-refractivity contribution is 5.95. The van der Waals surface area contributed by atoms with Crippen molar-refractivity contribution in [2.24, 2.45) is 5.41 Å². The monoisotopic (exact) mass is 358 g/mol. The minimum atomic E-state index is -0.519. The first-order valence-electron chi connectivity index (χ1n) is 8.61. The lowest BCUT2D eigenvalue weighted by Crippen LogP contribution is -2.13. The van der Waals surface area contributed by atoms with E-state index in [0.29, 0.717) is 29.6 Å². The fourth-order valence-electron chi connectivity index (χ4n) is 2.24. The van der Waals surface area contributed by atoms with Crippen LogP contribution >= 0.6 is 0 Å². The summed E-state index contributed by atoms with van der Waals surface area (Å²) < 4.78 is 10.6. The maximum atomic E-state index is 11.9. The summed E-state index contributed by atoms with van der Waals surface area (Å²) in [6, 6.07) is 3.59. The van der Waals surface area contributed by atoms with Crippen molar-refractivity contribution >= 4 is 11.8 Å². The highest BCUT2D eigenvalue weighted by Gasteiger charge is 2.18. The number of nitrogens with two attached hydrogens (primary N) is 1. The Hall–Kier alpha value is -2.70. The van der Waals surface area contributed by atoms with Crippen molar-refractivity contribution in [3.8, 4) is 17.3 Å². The quantitative estimate of drug-likeness (QED) is 0.790. The molecule has 0 atom stereocenters. The summed E-state index contributed by atoms with van der Waals surface area (Å²) in [5.74, 6) is 0.527. The summed E-state index contributed by atoms with van der Waals surface area (Å²) >= 11 is 0. The van der Waals surface area contributed by atoms with Crippen molar-refractivity contribution in [1.29, 1.82) is 0 Å². The first kappa shape index (κ1) is 19.6. The maximum Gasteiger partial charge on any atom is 0.343 e. The van der Waals surface area contributed by atoms with Crippen molar-refractivity contribution in [1.82, 2.24) is 15.0 Å². The van der Waals surface area contributed by atoms with Crippen LogP contribution in [0.1, 0.15) is 50.2 Å². The minimum absolute atomic E-state index is 0.0939. The highest BCUT2D eigenvalue weighted by Crippen LogP contribution is 2.23. The molecule has 7 nitrogen and oxygen atoms in total. The summed E-state index contributed by atoms with van der Waals surface area (Å²) in [6.07, 6.45) is 2.56. The predicted molar refractivity (Wildman–Crippen MR) is 99.9 cm³/mol. The zero-order valence-electron chi connectivity index (χ0n) is 16.0. The third-order valence-electron chi connectivity index (χ3n) is 3.69. The van der Waals surface area contributed by atoms with Crippen LogP contribution in [0.25, 0.3) is 11.4 Å². The lowest BCUT2D eigenvalue weighted by molar-refractivity contribution is 0.0526. The number of rotatable bonds is 6. The van der Waals surface area contributed by atoms with Gasteiger partial charge >= 0.3 is 5.97 Å². The van der Waals surface area contributed by atoms with E-state index >= 15 is 0 Å². The number of hydrogen-bond donors (Lipinski definition) is 1. The zero-order chi connectivity index (χ0) is 19.3. The molecule has 0 aliphatic rings. The number of carbonyl (C=O) groups excluding carboxylic acids is 1. The summed E-state index contributed by atoms with van der Waals surface area (Å²) in [7, 11) is 0. The van der Waals surface area contributed by atoms with Crippen LogP contribution in [0.2, 0.25) is 0 Å². The molecule has 26 heavy (non-hydrogen) atoms. The van der Waals surface area contributed by atoms with E-state index in [1.807, 2.05) is 6.07 Å². The molecule has 2 rings (SSSR count). The third kappa shape index (κ3) is 5.15. The molecule has 140 valence electrons. The topological polar surface area (TPSA) is 100 Å². The van der Waals surface area contributed by atoms with Gasteiger partial charge in [-0.1, -0.05) is 20.8 Å². The molecule has 0 spiro atoms. The van der Waals surface area contributed by atoms with E-state index in [9.17, 15) is 4.79 Å². The SMILES string of the molecule is CCOC(=O)c1c(C)nc(-c2ccc(OCCC(C)(C)C)nc2)nc1N. The Balaban J connectivity index is 2.15. The fourth-order valence-corrected chi connectivity index (χ4v) is 2.24. The van der Waals surface area contributed by atoms with Gasteiger partial charge in [-0.3, -0.25) is 0 Å². The van der Waals surface area contributed by atoms with Crippen molar-refractivity contribution < 1.29 is 14.3 Å². The van der Waals surface area contributed by atoms with Gasteiger partial charge in [-0.25, -0.2) is 19.7 Å². The molecule has 2 aromatic heterocycles. The van der Waals surface area contributed by atoms with Gasteiger partial charge in [-0.05, 0) is 31.7 Å². The van der Waals surface area contributed by atoms with Crippen LogP contribution in [0, 0.1) is 12.3 Å². The first-order chi connectivity index (χ1) is 12.2. The number of nitrogen functional groups attached to an aromatic ring is 1. The molecule has 2 aromatic rings. The van der Waals surface area contributed by atoms with Crippen LogP contribution in [-0.4, -0.2) is 34.1 Å². The lowest BCUT2D eigenvalue weighted by atomic mass is 9.93. The number of anilines is 1. The van der Waals surface area contributed by atoms with E-state index in [1.54, 1.807) is 26.1 Å². The second kappa shape index (κ2) is 8.12. The van der Waals surface area contributed by atoms with Crippen LogP contribution in [0.3, 0.4) is 0 Å². The van der Waals surface area contributed by atoms with Gasteiger partial charge in [-0.15, -0.1) is 0 Å². The van der Waals surface area contributed by atoms with Crippen LogP contribution < -0.4 is 10.5 Å². The average molecular weight is 358 g/mol. The lowest BCUT2D eigenvalue weighted by Gasteiger charge is -2.17. The fraction of sp³-hybridized carbons (Fsp3) is 0.474. The molecule has 0 fully saturated rings. The van der Waals surface area contributed by atoms with Crippen molar-refractivity contribution in [3.63, 3.8) is 0 Å². The highest BCUT2D eigenvalue weighted by atomic mass is 16.5. The van der Waals surface area contributed by atoms with E-state index in [1.165, 1.54) is 0 Å². The summed E-state index contributed by atoms with van der Waals surface area (Å²) in [6.45, 7) is 10.8. The van der Waals surface area contributed by atoms with Crippen molar-refractivity contribution in [2.75, 3.05) is 18.9 Å². The van der Waals surface area contributed by atoms with Gasteiger partial charge in [0.25, 0.3) is 0 Å². The molecule has 0 saturated heterocycles. The van der Waals surface area contributed by atoms with Gasteiger partial charge in [0.15, 0.2) is 5.82 Å². The van der Waals surface area contributed by atoms with Crippen molar-refractivity contribution in [3.05, 3.63) is 29.6 Å². The molecule has 0 amide bonds. The van der Waals surface area contributed by atoms with E-state index in [2.05, 4.69) is 35.7 Å². The number of hydrogen-bond acceptors (Lipinski definition) is 7. The largest absolute Gasteiger partial charge is 0.478 e. The van der Waals surface area contributed by atoms with Gasteiger partial charge in [0, 0.05) is 17.8 Å². The molecule has 0 bridgehead atoms. The number of aromatic nitrogens is 3. The van der Waals surface area contributed by atoms with Gasteiger partial charge < -0.3 is 15.2 Å². The predicted octanol–water partition coefficient (Wildman–Crippen LogP) is 3.42. The number of esters is 1. The number of pyridine rings is 1. The molecule has 0 aliphatic heterocycles. The average Bonchev–Trinajstić information content (AvgIpc) is 2.54. The van der Waals surface area contributed by atoms with E-state index < -0.39 is 5.97 Å². The molecular formula is C19H26N4O3. The Morgan fingerprint density at radius 1 is 1.23 bits per heavy atom. The van der Waals surface area contributed by atoms with Crippen LogP contribution in [0.15, 0.2) is 18.3 Å². The number of ether oxygens (including phenoxy) is 2. The summed E-state index contributed by atoms with van der Waals surface area (Å²) in [5, 5.41) is 0. The molecule has 0 unspecified atom stereocenters. The third-order valence-corrected chi connectivity index (χ3v) is 3.69. The molecule has 0 saturated carbocycles. The number of nitrogens with zero attached hydrogens (tertiary/aromatic N) is 3. The van der Waals surface area contributed by atoms with E-state index in [4.69, 9.17) is 15.2 Å². The van der Waals surface area contributed by atoms with Crippen LogP contribution in [0.5, 0.6) is 5.88 Å². The Labute approximate surface area is 154 Å². The first-order valence-corrected chi connectivity index (χ1v) is 8.61. The smallest absolute Gasteiger partial charge is 0.343 e. The molecular weight excluding hydrogens is 332 g/mol. The minimum Gasteiger partial charge on any atom is -0.478 e. The van der Waals surface area contributed by atoms with Crippen molar-refractivity contribution in [2.45, 2.75) is 41.0 Å². The zero-order valence-corrected chi connectivity index (χ0v) is 16.0. The Morgan fingerprint density at radius 3 is 2.50 bits per heavy atom. The van der Waals surface area contributed by atoms with E-state index in [0.717, 1.165) is 6.42 Å². The molecule has 0 aliphatic carbocycles. The standard InChI is InChI=1S/C19H26N4O3/c1-6-25-18(24)15-12(2)22-17(23-16(15)20)13-7-8-14(21-11-13)26-10-9-19(3,4)5/h7-8,11H,6,9-10H2,1-5H3,(H2,20,22,23). The molecule has 0 aromatic carbocycles. The Morgan fingerprint density at radius 2 is 1.96 bits per heavy atom. The van der Waals surface area contributed by atoms with Gasteiger partial charge in [0.05, 0.1) is 18.9 Å². The molecule has 2 heterocycles. The van der Waals surface area contributed by atoms with Gasteiger partial charge in [0.2, 0.25) is 5.88 Å². The maximum absolute atomic E-state index is 11.9. The normalized spacial score (nSPS) is 11.3. The Bertz CT molecular complexity index is 744. The molecule has 2 N–H and O–H groups in total. The summed E-state index contributed by atoms with van der Waals surface area (Å²) in [4.78, 5) is 24.8. The number of aryl methyl sites for hydroxylation is 1. The van der Waals surface area contributed by atoms with Gasteiger partial charge in [-0.2, -0.15) is 0 Å². The Kier molecular flexibility index (Phi) is 6.13. The van der Waals surface area contributed by atoms with Crippen LogP contribution in [0.4, 0.5) is 5.82 Å². The molecule has 7 heteroatoms. The van der Waals surface area contributed by atoms with E-state index in [-0.39, 0.29) is 23.4 Å². The summed E-state index contributed by atoms with van der Waals surface area (Å²) in [5.41, 5.74) is 7.50.